The molecule has 0 saturated heterocycles. The summed E-state index contributed by atoms with van der Waals surface area (Å²) in [5.74, 6) is 0.189. The minimum atomic E-state index is -4.08. The van der Waals surface area contributed by atoms with Crippen molar-refractivity contribution >= 4 is 42.8 Å². The van der Waals surface area contributed by atoms with Crippen molar-refractivity contribution in [3.8, 4) is 0 Å². The number of aryl methyl sites for hydroxylation is 5. The molecular formula is C35H34ClN3O6S2. The highest BCUT2D eigenvalue weighted by molar-refractivity contribution is 7.92. The van der Waals surface area contributed by atoms with Gasteiger partial charge in [-0.05, 0) is 105 Å². The van der Waals surface area contributed by atoms with E-state index in [1.807, 2.05) is 32.9 Å². The molecule has 3 aromatic carbocycles. The van der Waals surface area contributed by atoms with Crippen LogP contribution in [0.2, 0.25) is 5.15 Å². The number of anilines is 2. The van der Waals surface area contributed by atoms with Gasteiger partial charge in [-0.1, -0.05) is 53.6 Å². The Morgan fingerprint density at radius 3 is 1.60 bits per heavy atom. The minimum absolute atomic E-state index is 0.0201. The van der Waals surface area contributed by atoms with E-state index in [9.17, 15) is 27.0 Å². The summed E-state index contributed by atoms with van der Waals surface area (Å²) in [5.41, 5.74) is 3.38. The van der Waals surface area contributed by atoms with Crippen molar-refractivity contribution in [3.63, 3.8) is 0 Å². The lowest BCUT2D eigenvalue weighted by Crippen LogP contribution is -2.31. The second-order valence-corrected chi connectivity index (χ2v) is 15.7. The SMILES string of the molecule is Cc1cc(C)c(Nc2nc(C)ccc2S(=O)(=O)c2ccc(C(O)(CO)c3ccc(S(=O)(=O)c4ccc(C)nc4Cl)cc3)cc2)c(C)c1. The van der Waals surface area contributed by atoms with Gasteiger partial charge in [-0.3, -0.25) is 0 Å². The number of nitrogens with one attached hydrogen (secondary N) is 1. The Labute approximate surface area is 279 Å². The fourth-order valence-corrected chi connectivity index (χ4v) is 8.59. The molecule has 2 aromatic heterocycles. The van der Waals surface area contributed by atoms with Gasteiger partial charge in [0.25, 0.3) is 0 Å². The maximum atomic E-state index is 13.9. The number of halogens is 1. The molecule has 47 heavy (non-hydrogen) atoms. The van der Waals surface area contributed by atoms with E-state index in [1.165, 1.54) is 60.7 Å². The smallest absolute Gasteiger partial charge is 0.210 e. The first-order chi connectivity index (χ1) is 22.1. The molecule has 0 aliphatic carbocycles. The van der Waals surface area contributed by atoms with Gasteiger partial charge in [-0.15, -0.1) is 0 Å². The van der Waals surface area contributed by atoms with E-state index in [-0.39, 0.29) is 41.7 Å². The van der Waals surface area contributed by atoms with E-state index in [2.05, 4.69) is 15.3 Å². The summed E-state index contributed by atoms with van der Waals surface area (Å²) in [5, 5.41) is 25.0. The van der Waals surface area contributed by atoms with Gasteiger partial charge in [0.15, 0.2) is 0 Å². The fraction of sp³-hybridized carbons (Fsp3) is 0.200. The molecule has 0 spiro atoms. The normalized spacial score (nSPS) is 13.3. The zero-order chi connectivity index (χ0) is 34.3. The molecule has 0 aliphatic rings. The zero-order valence-corrected chi connectivity index (χ0v) is 28.8. The topological polar surface area (TPSA) is 147 Å². The second kappa shape index (κ2) is 12.8. The summed E-state index contributed by atoms with van der Waals surface area (Å²) in [6.07, 6.45) is 0. The van der Waals surface area contributed by atoms with Gasteiger partial charge in [0.05, 0.1) is 16.4 Å². The van der Waals surface area contributed by atoms with Crippen molar-refractivity contribution in [3.05, 3.63) is 129 Å². The van der Waals surface area contributed by atoms with E-state index in [0.29, 0.717) is 11.4 Å². The highest BCUT2D eigenvalue weighted by Crippen LogP contribution is 2.35. The van der Waals surface area contributed by atoms with Gasteiger partial charge < -0.3 is 15.5 Å². The molecular weight excluding hydrogens is 658 g/mol. The Morgan fingerprint density at radius 2 is 1.13 bits per heavy atom. The molecule has 3 N–H and O–H groups in total. The number of sulfone groups is 2. The first kappa shape index (κ1) is 34.2. The van der Waals surface area contributed by atoms with E-state index < -0.39 is 31.9 Å². The van der Waals surface area contributed by atoms with Crippen molar-refractivity contribution in [1.29, 1.82) is 0 Å². The second-order valence-electron chi connectivity index (χ2n) is 11.5. The first-order valence-corrected chi connectivity index (χ1v) is 17.9. The Morgan fingerprint density at radius 1 is 0.681 bits per heavy atom. The van der Waals surface area contributed by atoms with Crippen LogP contribution in [0.15, 0.2) is 105 Å². The molecule has 244 valence electrons. The molecule has 12 heteroatoms. The maximum absolute atomic E-state index is 13.9. The largest absolute Gasteiger partial charge is 0.393 e. The van der Waals surface area contributed by atoms with Crippen molar-refractivity contribution in [1.82, 2.24) is 9.97 Å². The first-order valence-electron chi connectivity index (χ1n) is 14.6. The molecule has 0 saturated carbocycles. The van der Waals surface area contributed by atoms with Gasteiger partial charge in [0.2, 0.25) is 19.7 Å². The number of aromatic nitrogens is 2. The summed E-state index contributed by atoms with van der Waals surface area (Å²) in [4.78, 5) is 8.23. The number of hydrogen-bond donors (Lipinski definition) is 3. The summed E-state index contributed by atoms with van der Waals surface area (Å²) in [6.45, 7) is 8.58. The number of aliphatic hydroxyl groups excluding tert-OH is 1. The van der Waals surface area contributed by atoms with Gasteiger partial charge in [-0.25, -0.2) is 26.8 Å². The molecule has 1 unspecified atom stereocenters. The highest BCUT2D eigenvalue weighted by atomic mass is 35.5. The minimum Gasteiger partial charge on any atom is -0.393 e. The summed E-state index contributed by atoms with van der Waals surface area (Å²) in [7, 11) is -8.10. The quantitative estimate of drug-likeness (QED) is 0.151. The van der Waals surface area contributed by atoms with Gasteiger partial charge >= 0.3 is 0 Å². The molecule has 0 amide bonds. The Balaban J connectivity index is 1.47. The number of aliphatic hydroxyl groups is 2. The Kier molecular flexibility index (Phi) is 9.33. The van der Waals surface area contributed by atoms with Crippen LogP contribution in [-0.4, -0.2) is 43.6 Å². The molecule has 5 rings (SSSR count). The Hall–Kier alpha value is -4.13. The fourth-order valence-electron chi connectivity index (χ4n) is 5.48. The lowest BCUT2D eigenvalue weighted by atomic mass is 9.87. The van der Waals surface area contributed by atoms with Crippen LogP contribution in [0.25, 0.3) is 0 Å². The summed E-state index contributed by atoms with van der Waals surface area (Å²) < 4.78 is 54.2. The molecule has 1 atom stereocenters. The van der Waals surface area contributed by atoms with E-state index >= 15 is 0 Å². The van der Waals surface area contributed by atoms with E-state index in [0.717, 1.165) is 22.4 Å². The van der Waals surface area contributed by atoms with Crippen LogP contribution in [0.5, 0.6) is 0 Å². The van der Waals surface area contributed by atoms with Gasteiger partial charge in [0, 0.05) is 17.1 Å². The number of benzene rings is 3. The number of pyridine rings is 2. The van der Waals surface area contributed by atoms with Crippen LogP contribution in [0, 0.1) is 34.6 Å². The van der Waals surface area contributed by atoms with Crippen molar-refractivity contribution < 1.29 is 27.0 Å². The molecule has 9 nitrogen and oxygen atoms in total. The molecule has 0 fully saturated rings. The zero-order valence-electron chi connectivity index (χ0n) is 26.4. The standard InChI is InChI=1S/C35H34ClN3O6S2/c1-21-18-22(2)32(23(3)19-21)39-34-31(17-7-25(5)38-34)47(44,45)29-14-10-27(11-15-29)35(41,20-40)26-8-12-28(13-9-26)46(42,43)30-16-6-24(4)37-33(30)36/h6-19,40-41H,20H2,1-5H3,(H,38,39). The average Bonchev–Trinajstić information content (AvgIpc) is 3.02. The van der Waals surface area contributed by atoms with Crippen LogP contribution in [-0.2, 0) is 25.3 Å². The molecule has 0 radical (unpaired) electrons. The molecule has 2 heterocycles. The Bertz CT molecular complexity index is 2180. The summed E-state index contributed by atoms with van der Waals surface area (Å²) >= 11 is 6.11. The molecule has 5 aromatic rings. The molecule has 0 aliphatic heterocycles. The predicted molar refractivity (Wildman–Crippen MR) is 181 cm³/mol. The average molecular weight is 692 g/mol. The number of rotatable bonds is 9. The van der Waals surface area contributed by atoms with Gasteiger partial charge in [0.1, 0.15) is 26.4 Å². The number of hydrogen-bond acceptors (Lipinski definition) is 9. The third-order valence-corrected chi connectivity index (χ3v) is 12.0. The van der Waals surface area contributed by atoms with E-state index in [1.54, 1.807) is 26.0 Å². The van der Waals surface area contributed by atoms with Crippen LogP contribution in [0.4, 0.5) is 11.5 Å². The van der Waals surface area contributed by atoms with Crippen molar-refractivity contribution in [2.24, 2.45) is 0 Å². The maximum Gasteiger partial charge on any atom is 0.210 e. The van der Waals surface area contributed by atoms with Crippen molar-refractivity contribution in [2.45, 2.75) is 59.8 Å². The monoisotopic (exact) mass is 691 g/mol. The van der Waals surface area contributed by atoms with Crippen LogP contribution >= 0.6 is 11.6 Å². The lowest BCUT2D eigenvalue weighted by Gasteiger charge is -2.27. The van der Waals surface area contributed by atoms with Crippen LogP contribution in [0.1, 0.15) is 39.2 Å². The predicted octanol–water partition coefficient (Wildman–Crippen LogP) is 6.31. The van der Waals surface area contributed by atoms with Crippen LogP contribution in [0.3, 0.4) is 0 Å². The lowest BCUT2D eigenvalue weighted by molar-refractivity contribution is 0.0172. The number of nitrogens with zero attached hydrogens (tertiary/aromatic N) is 2. The molecule has 0 bridgehead atoms. The van der Waals surface area contributed by atoms with Crippen LogP contribution < -0.4 is 5.32 Å². The highest BCUT2D eigenvalue weighted by Gasteiger charge is 2.33. The third-order valence-electron chi connectivity index (χ3n) is 7.96. The van der Waals surface area contributed by atoms with Gasteiger partial charge in [-0.2, -0.15) is 0 Å². The third kappa shape index (κ3) is 6.54. The summed E-state index contributed by atoms with van der Waals surface area (Å²) in [6, 6.07) is 21.0. The van der Waals surface area contributed by atoms with E-state index in [4.69, 9.17) is 11.6 Å². The van der Waals surface area contributed by atoms with Crippen molar-refractivity contribution in [2.75, 3.05) is 11.9 Å².